The first-order valence-corrected chi connectivity index (χ1v) is 8.98. The summed E-state index contributed by atoms with van der Waals surface area (Å²) in [7, 11) is 1.59. The fraction of sp³-hybridized carbons (Fsp3) is 0.238. The van der Waals surface area contributed by atoms with Crippen LogP contribution in [-0.2, 0) is 16.1 Å². The maximum Gasteiger partial charge on any atom is 0.338 e. The maximum atomic E-state index is 12.4. The van der Waals surface area contributed by atoms with Crippen molar-refractivity contribution >= 4 is 11.9 Å². The van der Waals surface area contributed by atoms with Gasteiger partial charge < -0.3 is 19.2 Å². The topological polar surface area (TPSA) is 104 Å². The fourth-order valence-electron chi connectivity index (χ4n) is 2.51. The molecule has 0 bridgehead atoms. The number of hydrogen-bond donors (Lipinski definition) is 1. The van der Waals surface area contributed by atoms with Gasteiger partial charge in [-0.2, -0.15) is 0 Å². The molecule has 1 heterocycles. The summed E-state index contributed by atoms with van der Waals surface area (Å²) in [5.74, 6) is 0.627. The van der Waals surface area contributed by atoms with Crippen molar-refractivity contribution in [3.63, 3.8) is 0 Å². The molecule has 150 valence electrons. The van der Waals surface area contributed by atoms with Crippen molar-refractivity contribution in [1.29, 1.82) is 0 Å². The molecular formula is C21H21N3O5. The van der Waals surface area contributed by atoms with E-state index in [1.807, 2.05) is 0 Å². The molecule has 1 amide bonds. The summed E-state index contributed by atoms with van der Waals surface area (Å²) in [5.41, 5.74) is 2.00. The monoisotopic (exact) mass is 395 g/mol. The van der Waals surface area contributed by atoms with E-state index in [0.29, 0.717) is 18.0 Å². The lowest BCUT2D eigenvalue weighted by Crippen LogP contribution is -2.18. The molecule has 0 aliphatic carbocycles. The van der Waals surface area contributed by atoms with Gasteiger partial charge in [0.05, 0.1) is 12.7 Å². The zero-order valence-corrected chi connectivity index (χ0v) is 16.3. The van der Waals surface area contributed by atoms with Crippen molar-refractivity contribution in [3.05, 3.63) is 65.5 Å². The molecule has 0 saturated heterocycles. The van der Waals surface area contributed by atoms with Crippen LogP contribution >= 0.6 is 0 Å². The standard InChI is InChI=1S/C21H21N3O5/c1-13(19-23-24-20(29-19)16-8-10-18(27-3)11-9-16)28-21(26)17-6-4-15(5-7-17)12-22-14(2)25/h4-11,13H,12H2,1-3H3,(H,22,25). The van der Waals surface area contributed by atoms with Crippen LogP contribution in [-0.4, -0.2) is 29.2 Å². The number of rotatable bonds is 7. The lowest BCUT2D eigenvalue weighted by molar-refractivity contribution is -0.119. The number of esters is 1. The Labute approximate surface area is 167 Å². The molecule has 0 spiro atoms. The Balaban J connectivity index is 1.62. The second-order valence-corrected chi connectivity index (χ2v) is 6.33. The van der Waals surface area contributed by atoms with E-state index in [2.05, 4.69) is 15.5 Å². The van der Waals surface area contributed by atoms with Gasteiger partial charge in [-0.15, -0.1) is 10.2 Å². The second kappa shape index (κ2) is 9.01. The molecule has 3 aromatic rings. The minimum absolute atomic E-state index is 0.115. The smallest absolute Gasteiger partial charge is 0.338 e. The van der Waals surface area contributed by atoms with Crippen LogP contribution in [0.5, 0.6) is 5.75 Å². The Hall–Kier alpha value is -3.68. The Bertz CT molecular complexity index is 980. The van der Waals surface area contributed by atoms with Gasteiger partial charge in [0.15, 0.2) is 6.10 Å². The van der Waals surface area contributed by atoms with Gasteiger partial charge in [-0.3, -0.25) is 4.79 Å². The Morgan fingerprint density at radius 3 is 2.38 bits per heavy atom. The number of benzene rings is 2. The summed E-state index contributed by atoms with van der Waals surface area (Å²) in [4.78, 5) is 23.3. The van der Waals surface area contributed by atoms with Crippen LogP contribution in [0.3, 0.4) is 0 Å². The third-order valence-corrected chi connectivity index (χ3v) is 4.14. The zero-order valence-electron chi connectivity index (χ0n) is 16.3. The normalized spacial score (nSPS) is 11.6. The number of amides is 1. The molecule has 2 aromatic carbocycles. The van der Waals surface area contributed by atoms with E-state index >= 15 is 0 Å². The average molecular weight is 395 g/mol. The van der Waals surface area contributed by atoms with Crippen LogP contribution in [0.2, 0.25) is 0 Å². The maximum absolute atomic E-state index is 12.4. The number of nitrogens with one attached hydrogen (secondary N) is 1. The van der Waals surface area contributed by atoms with E-state index in [1.54, 1.807) is 62.6 Å². The van der Waals surface area contributed by atoms with E-state index in [-0.39, 0.29) is 11.8 Å². The third kappa shape index (κ3) is 5.19. The van der Waals surface area contributed by atoms with Crippen molar-refractivity contribution in [1.82, 2.24) is 15.5 Å². The Morgan fingerprint density at radius 1 is 1.07 bits per heavy atom. The quantitative estimate of drug-likeness (QED) is 0.612. The molecule has 8 heteroatoms. The van der Waals surface area contributed by atoms with Gasteiger partial charge >= 0.3 is 5.97 Å². The first-order valence-electron chi connectivity index (χ1n) is 8.98. The molecule has 3 rings (SSSR count). The second-order valence-electron chi connectivity index (χ2n) is 6.33. The lowest BCUT2D eigenvalue weighted by atomic mass is 10.1. The molecule has 1 atom stereocenters. The number of hydrogen-bond acceptors (Lipinski definition) is 7. The number of methoxy groups -OCH3 is 1. The predicted octanol–water partition coefficient (Wildman–Crippen LogP) is 3.30. The number of carbonyl (C=O) groups is 2. The molecule has 1 N–H and O–H groups in total. The summed E-state index contributed by atoms with van der Waals surface area (Å²) >= 11 is 0. The molecule has 0 aliphatic rings. The van der Waals surface area contributed by atoms with Crippen LogP contribution in [0.25, 0.3) is 11.5 Å². The summed E-state index contributed by atoms with van der Waals surface area (Å²) in [5, 5.41) is 10.7. The Kier molecular flexibility index (Phi) is 6.23. The highest BCUT2D eigenvalue weighted by Gasteiger charge is 2.20. The lowest BCUT2D eigenvalue weighted by Gasteiger charge is -2.10. The van der Waals surface area contributed by atoms with E-state index in [9.17, 15) is 9.59 Å². The van der Waals surface area contributed by atoms with Crippen LogP contribution in [0.4, 0.5) is 0 Å². The van der Waals surface area contributed by atoms with E-state index < -0.39 is 12.1 Å². The van der Waals surface area contributed by atoms with Crippen LogP contribution in [0.15, 0.2) is 52.9 Å². The summed E-state index contributed by atoms with van der Waals surface area (Å²) in [6.07, 6.45) is -0.707. The molecule has 0 radical (unpaired) electrons. The van der Waals surface area contributed by atoms with Crippen LogP contribution in [0, 0.1) is 0 Å². The third-order valence-electron chi connectivity index (χ3n) is 4.14. The van der Waals surface area contributed by atoms with Gasteiger partial charge in [-0.1, -0.05) is 12.1 Å². The van der Waals surface area contributed by atoms with Crippen molar-refractivity contribution in [2.24, 2.45) is 0 Å². The molecule has 0 aliphatic heterocycles. The first-order chi connectivity index (χ1) is 14.0. The van der Waals surface area contributed by atoms with Gasteiger partial charge in [-0.05, 0) is 48.9 Å². The van der Waals surface area contributed by atoms with Gasteiger partial charge in [0.25, 0.3) is 5.89 Å². The minimum atomic E-state index is -0.707. The highest BCUT2D eigenvalue weighted by Crippen LogP contribution is 2.24. The molecule has 1 aromatic heterocycles. The predicted molar refractivity (Wildman–Crippen MR) is 104 cm³/mol. The largest absolute Gasteiger partial charge is 0.497 e. The van der Waals surface area contributed by atoms with Gasteiger partial charge in [-0.25, -0.2) is 4.79 Å². The number of carbonyl (C=O) groups excluding carboxylic acids is 2. The summed E-state index contributed by atoms with van der Waals surface area (Å²) in [6.45, 7) is 3.51. The first kappa shape index (κ1) is 20.1. The van der Waals surface area contributed by atoms with Crippen molar-refractivity contribution in [2.45, 2.75) is 26.5 Å². The number of ether oxygens (including phenoxy) is 2. The molecule has 0 saturated carbocycles. The van der Waals surface area contributed by atoms with Crippen LogP contribution in [0.1, 0.15) is 41.8 Å². The van der Waals surface area contributed by atoms with E-state index in [1.165, 1.54) is 6.92 Å². The van der Waals surface area contributed by atoms with Crippen molar-refractivity contribution in [2.75, 3.05) is 7.11 Å². The highest BCUT2D eigenvalue weighted by molar-refractivity contribution is 5.89. The van der Waals surface area contributed by atoms with Crippen LogP contribution < -0.4 is 10.1 Å². The summed E-state index contributed by atoms with van der Waals surface area (Å²) in [6, 6.07) is 14.0. The molecule has 0 fully saturated rings. The van der Waals surface area contributed by atoms with E-state index in [0.717, 1.165) is 16.9 Å². The number of aromatic nitrogens is 2. The van der Waals surface area contributed by atoms with E-state index in [4.69, 9.17) is 13.9 Å². The molecule has 29 heavy (non-hydrogen) atoms. The highest BCUT2D eigenvalue weighted by atomic mass is 16.6. The number of nitrogens with zero attached hydrogens (tertiary/aromatic N) is 2. The summed E-state index contributed by atoms with van der Waals surface area (Å²) < 4.78 is 16.2. The van der Waals surface area contributed by atoms with Gasteiger partial charge in [0.1, 0.15) is 5.75 Å². The van der Waals surface area contributed by atoms with Crippen molar-refractivity contribution in [3.8, 4) is 17.2 Å². The zero-order chi connectivity index (χ0) is 20.8. The SMILES string of the molecule is COc1ccc(-c2nnc(C(C)OC(=O)c3ccc(CNC(C)=O)cc3)o2)cc1. The molecule has 8 nitrogen and oxygen atoms in total. The van der Waals surface area contributed by atoms with Gasteiger partial charge in [0, 0.05) is 19.0 Å². The van der Waals surface area contributed by atoms with Crippen molar-refractivity contribution < 1.29 is 23.5 Å². The fourth-order valence-corrected chi connectivity index (χ4v) is 2.51. The average Bonchev–Trinajstić information content (AvgIpc) is 3.23. The van der Waals surface area contributed by atoms with Gasteiger partial charge in [0.2, 0.25) is 11.8 Å². The molecule has 1 unspecified atom stereocenters. The molecular weight excluding hydrogens is 374 g/mol. The minimum Gasteiger partial charge on any atom is -0.497 e. The Morgan fingerprint density at radius 2 is 1.76 bits per heavy atom.